The van der Waals surface area contributed by atoms with Gasteiger partial charge in [-0.3, -0.25) is 14.4 Å². The minimum Gasteiger partial charge on any atom is -0.396 e. The molecule has 4 heterocycles. The van der Waals surface area contributed by atoms with Gasteiger partial charge in [0.2, 0.25) is 17.7 Å². The Bertz CT molecular complexity index is 1070. The van der Waals surface area contributed by atoms with Crippen molar-refractivity contribution in [3.63, 3.8) is 0 Å². The van der Waals surface area contributed by atoms with E-state index in [1.165, 1.54) is 0 Å². The first-order valence-corrected chi connectivity index (χ1v) is 13.6. The van der Waals surface area contributed by atoms with Crippen LogP contribution in [0.3, 0.4) is 0 Å². The summed E-state index contributed by atoms with van der Waals surface area (Å²) in [6.07, 6.45) is 11.2. The van der Waals surface area contributed by atoms with Crippen molar-refractivity contribution in [3.8, 4) is 0 Å². The molecule has 1 aromatic carbocycles. The first kappa shape index (κ1) is 25.7. The molecule has 2 saturated heterocycles. The summed E-state index contributed by atoms with van der Waals surface area (Å²) in [7, 11) is 0. The fraction of sp³-hybridized carbons (Fsp3) is 0.552. The molecule has 0 bridgehead atoms. The number of hydrogen-bond acceptors (Lipinski definition) is 5. The van der Waals surface area contributed by atoms with Gasteiger partial charge in [-0.25, -0.2) is 0 Å². The number of para-hydroxylation sites is 1. The van der Waals surface area contributed by atoms with Crippen molar-refractivity contribution in [2.45, 2.75) is 56.8 Å². The lowest BCUT2D eigenvalue weighted by Gasteiger charge is -2.35. The van der Waals surface area contributed by atoms with E-state index in [1.54, 1.807) is 9.80 Å². The van der Waals surface area contributed by atoms with Gasteiger partial charge in [0, 0.05) is 38.5 Å². The van der Waals surface area contributed by atoms with Gasteiger partial charge < -0.3 is 24.5 Å². The Balaban J connectivity index is 1.53. The molecule has 3 amide bonds. The zero-order valence-corrected chi connectivity index (χ0v) is 21.5. The predicted molar refractivity (Wildman–Crippen MR) is 140 cm³/mol. The molecule has 0 radical (unpaired) electrons. The molecule has 8 heteroatoms. The second-order valence-electron chi connectivity index (χ2n) is 10.4. The average Bonchev–Trinajstić information content (AvgIpc) is 3.21. The second kappa shape index (κ2) is 10.8. The number of aliphatic hydroxyl groups excluding tert-OH is 1. The Morgan fingerprint density at radius 1 is 0.946 bits per heavy atom. The molecule has 1 spiro atoms. The molecule has 4 aliphatic rings. The molecule has 8 nitrogen and oxygen atoms in total. The molecule has 0 aromatic heterocycles. The Morgan fingerprint density at radius 2 is 1.73 bits per heavy atom. The summed E-state index contributed by atoms with van der Waals surface area (Å²) >= 11 is 0. The third-order valence-corrected chi connectivity index (χ3v) is 8.15. The van der Waals surface area contributed by atoms with Crippen molar-refractivity contribution in [2.75, 3.05) is 37.7 Å². The van der Waals surface area contributed by atoms with Gasteiger partial charge in [-0.2, -0.15) is 0 Å². The van der Waals surface area contributed by atoms with E-state index in [4.69, 9.17) is 4.74 Å². The fourth-order valence-corrected chi connectivity index (χ4v) is 6.41. The van der Waals surface area contributed by atoms with Crippen LogP contribution in [0.2, 0.25) is 0 Å². The van der Waals surface area contributed by atoms with E-state index >= 15 is 0 Å². The summed E-state index contributed by atoms with van der Waals surface area (Å²) < 4.78 is 6.67. The van der Waals surface area contributed by atoms with Crippen LogP contribution < -0.4 is 4.90 Å². The number of carbonyl (C=O) groups excluding carboxylic acids is 3. The van der Waals surface area contributed by atoms with Gasteiger partial charge in [0.15, 0.2) is 0 Å². The van der Waals surface area contributed by atoms with Crippen LogP contribution in [0.5, 0.6) is 0 Å². The van der Waals surface area contributed by atoms with Crippen LogP contribution >= 0.6 is 0 Å². The van der Waals surface area contributed by atoms with Gasteiger partial charge in [-0.05, 0) is 31.4 Å². The lowest BCUT2D eigenvalue weighted by molar-refractivity contribution is -0.147. The number of benzene rings is 1. The van der Waals surface area contributed by atoms with Crippen molar-refractivity contribution < 1.29 is 24.2 Å². The smallest absolute Gasteiger partial charge is 0.249 e. The molecule has 4 aliphatic heterocycles. The van der Waals surface area contributed by atoms with Crippen LogP contribution in [0.1, 0.15) is 39.0 Å². The van der Waals surface area contributed by atoms with Crippen LogP contribution in [0, 0.1) is 11.8 Å². The number of carbonyl (C=O) groups is 3. The third-order valence-electron chi connectivity index (χ3n) is 8.15. The number of unbranched alkanes of at least 4 members (excludes halogenated alkanes) is 3. The molecule has 198 valence electrons. The minimum absolute atomic E-state index is 0.0226. The molecule has 0 saturated carbocycles. The Labute approximate surface area is 218 Å². The maximum Gasteiger partial charge on any atom is 0.249 e. The molecular formula is C29H37N3O5. The first-order chi connectivity index (χ1) is 18.0. The largest absolute Gasteiger partial charge is 0.396 e. The number of amides is 3. The molecule has 5 atom stereocenters. The van der Waals surface area contributed by atoms with Crippen LogP contribution in [-0.4, -0.2) is 83.2 Å². The van der Waals surface area contributed by atoms with Crippen molar-refractivity contribution in [1.82, 2.24) is 9.80 Å². The number of ether oxygens (including phenoxy) is 1. The predicted octanol–water partition coefficient (Wildman–Crippen LogP) is 2.53. The SMILES string of the molecule is CCCCCN1CC=C[C@]23O[C@@H]4C=CCN(c5ccccc5)C(=O)[C@@H]4[C@H]2C(=O)N(CCCCO)C3C1=O. The molecule has 1 N–H and O–H groups in total. The van der Waals surface area contributed by atoms with Crippen molar-refractivity contribution in [3.05, 3.63) is 54.6 Å². The fourth-order valence-electron chi connectivity index (χ4n) is 6.41. The Hall–Kier alpha value is -2.97. The first-order valence-electron chi connectivity index (χ1n) is 13.6. The lowest BCUT2D eigenvalue weighted by atomic mass is 9.77. The lowest BCUT2D eigenvalue weighted by Crippen LogP contribution is -2.55. The second-order valence-corrected chi connectivity index (χ2v) is 10.4. The summed E-state index contributed by atoms with van der Waals surface area (Å²) in [5, 5.41) is 9.34. The summed E-state index contributed by atoms with van der Waals surface area (Å²) in [5.74, 6) is -1.98. The van der Waals surface area contributed by atoms with E-state index in [2.05, 4.69) is 6.92 Å². The van der Waals surface area contributed by atoms with Crippen molar-refractivity contribution >= 4 is 23.4 Å². The number of fused-ring (bicyclic) bond motifs is 2. The van der Waals surface area contributed by atoms with Crippen LogP contribution in [0.25, 0.3) is 0 Å². The normalized spacial score (nSPS) is 30.9. The van der Waals surface area contributed by atoms with E-state index in [0.29, 0.717) is 39.0 Å². The molecule has 0 aliphatic carbocycles. The van der Waals surface area contributed by atoms with Gasteiger partial charge in [-0.1, -0.05) is 62.3 Å². The van der Waals surface area contributed by atoms with E-state index in [0.717, 1.165) is 24.9 Å². The number of rotatable bonds is 9. The van der Waals surface area contributed by atoms with E-state index < -0.39 is 29.6 Å². The molecular weight excluding hydrogens is 470 g/mol. The summed E-state index contributed by atoms with van der Waals surface area (Å²) in [4.78, 5) is 47.4. The summed E-state index contributed by atoms with van der Waals surface area (Å²) in [5.41, 5.74) is -0.419. The van der Waals surface area contributed by atoms with Crippen molar-refractivity contribution in [1.29, 1.82) is 0 Å². The zero-order valence-electron chi connectivity index (χ0n) is 21.5. The maximum atomic E-state index is 14.1. The highest BCUT2D eigenvalue weighted by Crippen LogP contribution is 2.53. The maximum absolute atomic E-state index is 14.1. The van der Waals surface area contributed by atoms with E-state index in [1.807, 2.05) is 59.5 Å². The van der Waals surface area contributed by atoms with E-state index in [9.17, 15) is 19.5 Å². The standard InChI is InChI=1S/C29H37N3O5/c1-2-3-7-16-30-17-11-15-29-24(27(35)32(18-8-9-20-33)25(29)28(30)36)23-22(37-29)14-10-19-31(26(23)34)21-12-5-4-6-13-21/h4-6,10-15,22-25,33H,2-3,7-9,16-20H2,1H3/t22-,23+,24+,25?,29+/m1/s1. The highest BCUT2D eigenvalue weighted by Gasteiger charge is 2.71. The van der Waals surface area contributed by atoms with Gasteiger partial charge in [0.1, 0.15) is 11.6 Å². The Morgan fingerprint density at radius 3 is 2.49 bits per heavy atom. The van der Waals surface area contributed by atoms with Gasteiger partial charge in [-0.15, -0.1) is 0 Å². The number of hydrogen-bond donors (Lipinski definition) is 1. The summed E-state index contributed by atoms with van der Waals surface area (Å²) in [6, 6.07) is 8.65. The monoisotopic (exact) mass is 507 g/mol. The van der Waals surface area contributed by atoms with Crippen LogP contribution in [0.4, 0.5) is 5.69 Å². The van der Waals surface area contributed by atoms with Gasteiger partial charge in [0.25, 0.3) is 0 Å². The molecule has 1 aromatic rings. The third kappa shape index (κ3) is 4.40. The quantitative estimate of drug-likeness (QED) is 0.410. The van der Waals surface area contributed by atoms with Crippen LogP contribution in [0.15, 0.2) is 54.6 Å². The van der Waals surface area contributed by atoms with Gasteiger partial charge in [0.05, 0.1) is 17.9 Å². The highest BCUT2D eigenvalue weighted by molar-refractivity contribution is 6.03. The minimum atomic E-state index is -1.19. The van der Waals surface area contributed by atoms with Gasteiger partial charge >= 0.3 is 0 Å². The summed E-state index contributed by atoms with van der Waals surface area (Å²) in [6.45, 7) is 3.98. The Kier molecular flexibility index (Phi) is 7.49. The number of aliphatic hydroxyl groups is 1. The topological polar surface area (TPSA) is 90.4 Å². The van der Waals surface area contributed by atoms with Crippen molar-refractivity contribution in [2.24, 2.45) is 11.8 Å². The number of anilines is 1. The molecule has 5 rings (SSSR count). The highest BCUT2D eigenvalue weighted by atomic mass is 16.5. The number of nitrogens with zero attached hydrogens (tertiary/aromatic N) is 3. The molecule has 2 fully saturated rings. The van der Waals surface area contributed by atoms with Crippen LogP contribution in [-0.2, 0) is 19.1 Å². The zero-order chi connectivity index (χ0) is 26.0. The average molecular weight is 508 g/mol. The molecule has 37 heavy (non-hydrogen) atoms. The van der Waals surface area contributed by atoms with E-state index in [-0.39, 0.29) is 24.3 Å². The molecule has 1 unspecified atom stereocenters. The number of likely N-dealkylation sites (tertiary alicyclic amines) is 1.